The molecule has 0 amide bonds. The third-order valence-corrected chi connectivity index (χ3v) is 19.2. The first-order valence-corrected chi connectivity index (χ1v) is 20.3. The molecule has 0 N–H and O–H groups in total. The molecule has 0 radical (unpaired) electrons. The number of hydrogen-bond donors (Lipinski definition) is 0. The summed E-state index contributed by atoms with van der Waals surface area (Å²) < 4.78 is 0. The lowest BCUT2D eigenvalue weighted by Gasteiger charge is -2.49. The highest BCUT2D eigenvalue weighted by molar-refractivity contribution is 6.01. The Labute approximate surface area is 319 Å². The van der Waals surface area contributed by atoms with Gasteiger partial charge in [-0.15, -0.1) is 0 Å². The minimum atomic E-state index is -0.137. The first kappa shape index (κ1) is 30.4. The highest BCUT2D eigenvalue weighted by atomic mass is 14.8. The van der Waals surface area contributed by atoms with Gasteiger partial charge in [0, 0.05) is 43.3 Å². The second kappa shape index (κ2) is 8.33. The van der Waals surface area contributed by atoms with Crippen LogP contribution < -0.4 is 0 Å². The number of benzene rings is 7. The van der Waals surface area contributed by atoms with Crippen molar-refractivity contribution in [1.82, 2.24) is 0 Å². The monoisotopic (exact) mass is 694 g/mol. The van der Waals surface area contributed by atoms with Crippen molar-refractivity contribution in [2.45, 2.75) is 87.9 Å². The topological polar surface area (TPSA) is 0 Å². The van der Waals surface area contributed by atoms with Crippen molar-refractivity contribution in [1.29, 1.82) is 0 Å². The van der Waals surface area contributed by atoms with E-state index in [9.17, 15) is 0 Å². The van der Waals surface area contributed by atoms with Gasteiger partial charge in [0.25, 0.3) is 0 Å². The Morgan fingerprint density at radius 1 is 0.222 bits per heavy atom. The summed E-state index contributed by atoms with van der Waals surface area (Å²) in [5.74, 6) is 0. The molecule has 0 spiro atoms. The Kier molecular flexibility index (Phi) is 4.69. The molecule has 0 heteroatoms. The molecule has 7 aromatic carbocycles. The Morgan fingerprint density at radius 3 is 0.574 bits per heavy atom. The van der Waals surface area contributed by atoms with Crippen molar-refractivity contribution in [2.75, 3.05) is 0 Å². The summed E-state index contributed by atoms with van der Waals surface area (Å²) in [6.45, 7) is 20.7. The lowest BCUT2D eigenvalue weighted by atomic mass is 9.52. The zero-order valence-corrected chi connectivity index (χ0v) is 32.7. The average molecular weight is 695 g/mol. The second-order valence-electron chi connectivity index (χ2n) is 19.5. The van der Waals surface area contributed by atoms with Crippen LogP contribution in [0.2, 0.25) is 0 Å². The van der Waals surface area contributed by atoms with Gasteiger partial charge < -0.3 is 0 Å². The molecule has 0 saturated carbocycles. The number of hydrogen-bond acceptors (Lipinski definition) is 0. The van der Waals surface area contributed by atoms with Crippen LogP contribution >= 0.6 is 0 Å². The van der Waals surface area contributed by atoms with Crippen LogP contribution in [0.3, 0.4) is 0 Å². The van der Waals surface area contributed by atoms with Crippen LogP contribution in [-0.4, -0.2) is 0 Å². The van der Waals surface area contributed by atoms with E-state index in [2.05, 4.69) is 189 Å². The number of fused-ring (bicyclic) bond motifs is 20. The lowest BCUT2D eigenvalue weighted by molar-refractivity contribution is 0.0997. The zero-order valence-electron chi connectivity index (χ0n) is 32.7. The maximum absolute atomic E-state index is 2.63. The second-order valence-corrected chi connectivity index (χ2v) is 19.5. The van der Waals surface area contributed by atoms with Gasteiger partial charge in [-0.2, -0.15) is 0 Å². The molecule has 13 rings (SSSR count). The van der Waals surface area contributed by atoms with Crippen molar-refractivity contribution in [3.8, 4) is 0 Å². The van der Waals surface area contributed by atoms with E-state index in [0.717, 1.165) is 0 Å². The van der Waals surface area contributed by atoms with Crippen LogP contribution in [0, 0.1) is 10.8 Å². The van der Waals surface area contributed by atoms with Crippen molar-refractivity contribution in [3.63, 3.8) is 0 Å². The maximum atomic E-state index is 2.63. The molecule has 0 bridgehead atoms. The van der Waals surface area contributed by atoms with E-state index >= 15 is 0 Å². The van der Waals surface area contributed by atoms with Crippen molar-refractivity contribution in [2.24, 2.45) is 10.8 Å². The molecule has 4 unspecified atom stereocenters. The first-order valence-electron chi connectivity index (χ1n) is 20.3. The van der Waals surface area contributed by atoms with Gasteiger partial charge in [-0.05, 0) is 125 Å². The normalized spacial score (nSPS) is 37.5. The largest absolute Gasteiger partial charge is 0.0619 e. The molecule has 0 fully saturated rings. The van der Waals surface area contributed by atoms with Gasteiger partial charge in [0.15, 0.2) is 0 Å². The predicted octanol–water partition coefficient (Wildman–Crippen LogP) is 12.5. The van der Waals surface area contributed by atoms with E-state index in [-0.39, 0.29) is 43.3 Å². The summed E-state index contributed by atoms with van der Waals surface area (Å²) in [5.41, 5.74) is 17.3. The summed E-state index contributed by atoms with van der Waals surface area (Å²) in [6, 6.07) is 53.2. The van der Waals surface area contributed by atoms with Crippen molar-refractivity contribution in [3.05, 3.63) is 200 Å². The molecule has 7 aromatic rings. The van der Waals surface area contributed by atoms with E-state index in [4.69, 9.17) is 0 Å². The van der Waals surface area contributed by atoms with Gasteiger partial charge in [-0.25, -0.2) is 0 Å². The molecule has 54 heavy (non-hydrogen) atoms. The summed E-state index contributed by atoms with van der Waals surface area (Å²) in [5, 5.41) is 5.43. The van der Waals surface area contributed by atoms with Gasteiger partial charge in [-0.1, -0.05) is 152 Å². The van der Waals surface area contributed by atoms with Crippen LogP contribution in [0.4, 0.5) is 0 Å². The summed E-state index contributed by atoms with van der Waals surface area (Å²) in [4.78, 5) is 0. The van der Waals surface area contributed by atoms with E-state index in [1.165, 1.54) is 88.3 Å². The Bertz CT molecular complexity index is 2590. The van der Waals surface area contributed by atoms with Crippen molar-refractivity contribution < 1.29 is 0 Å². The van der Waals surface area contributed by atoms with Crippen LogP contribution in [0.1, 0.15) is 122 Å². The van der Waals surface area contributed by atoms with Gasteiger partial charge in [0.1, 0.15) is 0 Å². The minimum absolute atomic E-state index is 0.0628. The highest BCUT2D eigenvalue weighted by Gasteiger charge is 2.81. The molecular weight excluding hydrogens is 649 g/mol. The third kappa shape index (κ3) is 2.37. The van der Waals surface area contributed by atoms with Crippen molar-refractivity contribution >= 4 is 21.5 Å². The third-order valence-electron chi connectivity index (χ3n) is 19.2. The summed E-state index contributed by atoms with van der Waals surface area (Å²) in [6.07, 6.45) is 0. The standard InChI is InChI=1S/C54H46/c1-47-35-17-9-13-21-39(35)49(3)43-27-31-25-33-29-45-46(30-34(33)26-32(31)28-44(43)50(4,53(47,49)7)40-22-14-10-18-36(40)47)52(6)42-24-16-12-20-38(42)48(2)37-19-11-15-23-41(37)51(45,5)54(48,52)8/h9-30H,1-8H3/t47?,48?,49-,50+,51-,52+,53?,54?. The molecule has 6 aliphatic rings. The average Bonchev–Trinajstić information content (AvgIpc) is 3.74. The Hall–Kier alpha value is -4.94. The lowest BCUT2D eigenvalue weighted by Crippen LogP contribution is -2.51. The van der Waals surface area contributed by atoms with Gasteiger partial charge in [0.05, 0.1) is 0 Å². The van der Waals surface area contributed by atoms with E-state index in [1.54, 1.807) is 0 Å². The number of rotatable bonds is 0. The van der Waals surface area contributed by atoms with Crippen LogP contribution in [0.5, 0.6) is 0 Å². The first-order chi connectivity index (χ1) is 25.8. The fourth-order valence-electron chi connectivity index (χ4n) is 16.3. The molecule has 6 aliphatic carbocycles. The van der Waals surface area contributed by atoms with Gasteiger partial charge >= 0.3 is 0 Å². The van der Waals surface area contributed by atoms with Gasteiger partial charge in [0.2, 0.25) is 0 Å². The highest BCUT2D eigenvalue weighted by Crippen LogP contribution is 2.84. The SMILES string of the molecule is CC12c3ccccc3[C@@]3(C)c4cc5cc6cc7c(cc6cc5cc4[C@@](C)(c4ccccc41)C23C)[C@@]1(C)c2ccccc2C2(C)c3ccccc3[C@]7(C)C21C. The molecule has 0 saturated heterocycles. The van der Waals surface area contributed by atoms with E-state index < -0.39 is 0 Å². The van der Waals surface area contributed by atoms with Crippen LogP contribution in [-0.2, 0) is 32.5 Å². The zero-order chi connectivity index (χ0) is 36.8. The quantitative estimate of drug-likeness (QED) is 0.139. The maximum Gasteiger partial charge on any atom is 0.0258 e. The molecule has 0 aliphatic heterocycles. The molecule has 8 atom stereocenters. The Balaban J connectivity index is 1.12. The van der Waals surface area contributed by atoms with Crippen LogP contribution in [0.25, 0.3) is 21.5 Å². The fourth-order valence-corrected chi connectivity index (χ4v) is 16.3. The van der Waals surface area contributed by atoms with E-state index in [1.807, 2.05) is 0 Å². The fraction of sp³-hybridized carbons (Fsp3) is 0.296. The summed E-state index contributed by atoms with van der Waals surface area (Å²) >= 11 is 0. The molecule has 262 valence electrons. The summed E-state index contributed by atoms with van der Waals surface area (Å²) in [7, 11) is 0. The smallest absolute Gasteiger partial charge is 0.0258 e. The van der Waals surface area contributed by atoms with Crippen LogP contribution in [0.15, 0.2) is 133 Å². The minimum Gasteiger partial charge on any atom is -0.0619 e. The molecular formula is C54H46. The Morgan fingerprint density at radius 2 is 0.389 bits per heavy atom. The molecule has 0 aromatic heterocycles. The van der Waals surface area contributed by atoms with E-state index in [0.29, 0.717) is 0 Å². The molecule has 0 heterocycles. The predicted molar refractivity (Wildman–Crippen MR) is 222 cm³/mol. The molecule has 0 nitrogen and oxygen atoms in total. The van der Waals surface area contributed by atoms with Gasteiger partial charge in [-0.3, -0.25) is 0 Å².